The molecule has 0 aromatic heterocycles. The minimum Gasteiger partial charge on any atom is -0.484 e. The summed E-state index contributed by atoms with van der Waals surface area (Å²) in [7, 11) is 0. The average Bonchev–Trinajstić information content (AvgIpc) is 2.36. The van der Waals surface area contributed by atoms with Gasteiger partial charge in [0, 0.05) is 0 Å². The number of nitrogens with two attached hydrogens (primary N) is 1. The Kier molecular flexibility index (Phi) is 5.17. The number of hydrogen-bond acceptors (Lipinski definition) is 3. The van der Waals surface area contributed by atoms with Crippen LogP contribution in [0.25, 0.3) is 0 Å². The molecule has 1 amide bonds. The summed E-state index contributed by atoms with van der Waals surface area (Å²) in [4.78, 5) is 11.1. The lowest BCUT2D eigenvalue weighted by atomic mass is 10.1. The Morgan fingerprint density at radius 1 is 1.37 bits per heavy atom. The van der Waals surface area contributed by atoms with Crippen LogP contribution in [0.1, 0.15) is 18.5 Å². The van der Waals surface area contributed by atoms with Crippen LogP contribution in [-0.4, -0.2) is 25.2 Å². The quantitative estimate of drug-likeness (QED) is 0.861. The van der Waals surface area contributed by atoms with Crippen molar-refractivity contribution in [3.63, 3.8) is 0 Å². The second-order valence-electron chi connectivity index (χ2n) is 3.97. The number of ether oxygens (including phenoxy) is 1. The first kappa shape index (κ1) is 15.3. The molecular formula is C12H15F3N2O2. The zero-order chi connectivity index (χ0) is 14.5. The van der Waals surface area contributed by atoms with E-state index in [0.29, 0.717) is 0 Å². The Bertz CT molecular complexity index is 418. The van der Waals surface area contributed by atoms with Gasteiger partial charge in [-0.1, -0.05) is 12.1 Å². The molecule has 1 aromatic carbocycles. The first-order valence-corrected chi connectivity index (χ1v) is 5.61. The van der Waals surface area contributed by atoms with Crippen LogP contribution in [0.5, 0.6) is 5.75 Å². The summed E-state index contributed by atoms with van der Waals surface area (Å²) in [6, 6.07) is 5.76. The molecule has 0 heterocycles. The van der Waals surface area contributed by atoms with Crippen molar-refractivity contribution in [3.8, 4) is 5.75 Å². The van der Waals surface area contributed by atoms with Gasteiger partial charge < -0.3 is 15.8 Å². The maximum absolute atomic E-state index is 11.9. The predicted molar refractivity (Wildman–Crippen MR) is 63.6 cm³/mol. The minimum absolute atomic E-state index is 0.114. The molecule has 4 nitrogen and oxygen atoms in total. The van der Waals surface area contributed by atoms with Gasteiger partial charge in [0.1, 0.15) is 5.75 Å². The molecule has 0 aliphatic rings. The first-order valence-electron chi connectivity index (χ1n) is 5.61. The monoisotopic (exact) mass is 276 g/mol. The van der Waals surface area contributed by atoms with Crippen LogP contribution >= 0.6 is 0 Å². The summed E-state index contributed by atoms with van der Waals surface area (Å²) in [5.41, 5.74) is 5.92. The smallest absolute Gasteiger partial charge is 0.422 e. The number of benzene rings is 1. The maximum atomic E-state index is 11.9. The van der Waals surface area contributed by atoms with E-state index in [1.54, 1.807) is 19.1 Å². The van der Waals surface area contributed by atoms with Crippen molar-refractivity contribution in [1.82, 2.24) is 5.32 Å². The van der Waals surface area contributed by atoms with Gasteiger partial charge in [-0.2, -0.15) is 13.2 Å². The molecule has 1 rings (SSSR count). The number of nitrogens with one attached hydrogen (secondary N) is 1. The van der Waals surface area contributed by atoms with Crippen LogP contribution in [0, 0.1) is 0 Å². The molecule has 0 saturated heterocycles. The van der Waals surface area contributed by atoms with E-state index >= 15 is 0 Å². The van der Waals surface area contributed by atoms with Crippen molar-refractivity contribution in [2.75, 3.05) is 13.2 Å². The van der Waals surface area contributed by atoms with Gasteiger partial charge >= 0.3 is 6.18 Å². The number of rotatable bonds is 5. The van der Waals surface area contributed by atoms with E-state index in [0.717, 1.165) is 5.56 Å². The molecule has 1 unspecified atom stereocenters. The molecule has 7 heteroatoms. The summed E-state index contributed by atoms with van der Waals surface area (Å²) >= 11 is 0. The topological polar surface area (TPSA) is 64.4 Å². The first-order chi connectivity index (χ1) is 8.81. The number of halogens is 3. The summed E-state index contributed by atoms with van der Waals surface area (Å²) in [6.45, 7) is 0.308. The molecule has 1 atom stereocenters. The second kappa shape index (κ2) is 6.42. The average molecular weight is 276 g/mol. The van der Waals surface area contributed by atoms with Crippen LogP contribution in [0.15, 0.2) is 24.3 Å². The largest absolute Gasteiger partial charge is 0.484 e. The number of carbonyl (C=O) groups is 1. The standard InChI is InChI=1S/C12H15F3N2O2/c1-8(17-11(18)6-16)9-2-4-10(5-3-9)19-7-12(13,14)15/h2-5,8H,6-7,16H2,1H3,(H,17,18). The third-order valence-electron chi connectivity index (χ3n) is 2.35. The van der Waals surface area contributed by atoms with Gasteiger partial charge in [-0.05, 0) is 24.6 Å². The fourth-order valence-electron chi connectivity index (χ4n) is 1.40. The van der Waals surface area contributed by atoms with Crippen molar-refractivity contribution in [3.05, 3.63) is 29.8 Å². The lowest BCUT2D eigenvalue weighted by Gasteiger charge is -2.14. The Morgan fingerprint density at radius 2 is 1.95 bits per heavy atom. The van der Waals surface area contributed by atoms with Crippen LogP contribution in [-0.2, 0) is 4.79 Å². The van der Waals surface area contributed by atoms with Crippen molar-refractivity contribution < 1.29 is 22.7 Å². The van der Waals surface area contributed by atoms with E-state index in [1.165, 1.54) is 12.1 Å². The van der Waals surface area contributed by atoms with Crippen LogP contribution in [0.2, 0.25) is 0 Å². The van der Waals surface area contributed by atoms with Crippen molar-refractivity contribution >= 4 is 5.91 Å². The Morgan fingerprint density at radius 3 is 2.42 bits per heavy atom. The number of amides is 1. The molecule has 0 bridgehead atoms. The van der Waals surface area contributed by atoms with Crippen molar-refractivity contribution in [2.45, 2.75) is 19.1 Å². The zero-order valence-electron chi connectivity index (χ0n) is 10.3. The Hall–Kier alpha value is -1.76. The van der Waals surface area contributed by atoms with Crippen LogP contribution < -0.4 is 15.8 Å². The van der Waals surface area contributed by atoms with Crippen molar-refractivity contribution in [2.24, 2.45) is 5.73 Å². The summed E-state index contributed by atoms with van der Waals surface area (Å²) in [5, 5.41) is 2.64. The van der Waals surface area contributed by atoms with Gasteiger partial charge in [0.15, 0.2) is 6.61 Å². The van der Waals surface area contributed by atoms with Gasteiger partial charge in [0.25, 0.3) is 0 Å². The zero-order valence-corrected chi connectivity index (χ0v) is 10.3. The van der Waals surface area contributed by atoms with E-state index in [1.807, 2.05) is 0 Å². The molecule has 0 aliphatic heterocycles. The van der Waals surface area contributed by atoms with Gasteiger partial charge in [-0.15, -0.1) is 0 Å². The highest BCUT2D eigenvalue weighted by molar-refractivity contribution is 5.78. The SMILES string of the molecule is CC(NC(=O)CN)c1ccc(OCC(F)(F)F)cc1. The fraction of sp³-hybridized carbons (Fsp3) is 0.417. The number of alkyl halides is 3. The molecule has 0 radical (unpaired) electrons. The van der Waals surface area contributed by atoms with E-state index in [-0.39, 0.29) is 24.2 Å². The predicted octanol–water partition coefficient (Wildman–Crippen LogP) is 1.76. The summed E-state index contributed by atoms with van der Waals surface area (Å²) in [6.07, 6.45) is -4.36. The normalized spacial score (nSPS) is 12.9. The molecule has 1 aromatic rings. The summed E-state index contributed by atoms with van der Waals surface area (Å²) in [5.74, 6) is -0.177. The minimum atomic E-state index is -4.36. The van der Waals surface area contributed by atoms with Gasteiger partial charge in [0.2, 0.25) is 5.91 Å². The van der Waals surface area contributed by atoms with E-state index < -0.39 is 12.8 Å². The van der Waals surface area contributed by atoms with Crippen LogP contribution in [0.4, 0.5) is 13.2 Å². The van der Waals surface area contributed by atoms with Crippen molar-refractivity contribution in [1.29, 1.82) is 0 Å². The third kappa shape index (κ3) is 5.60. The van der Waals surface area contributed by atoms with Gasteiger partial charge in [-0.3, -0.25) is 4.79 Å². The van der Waals surface area contributed by atoms with E-state index in [2.05, 4.69) is 10.1 Å². The Labute approximate surface area is 108 Å². The number of carbonyl (C=O) groups excluding carboxylic acids is 1. The van der Waals surface area contributed by atoms with Gasteiger partial charge in [-0.25, -0.2) is 0 Å². The Balaban J connectivity index is 2.58. The molecule has 106 valence electrons. The molecular weight excluding hydrogens is 261 g/mol. The molecule has 0 spiro atoms. The fourth-order valence-corrected chi connectivity index (χ4v) is 1.40. The molecule has 0 saturated carbocycles. The summed E-state index contributed by atoms with van der Waals surface area (Å²) < 4.78 is 40.4. The second-order valence-corrected chi connectivity index (χ2v) is 3.97. The molecule has 0 fully saturated rings. The molecule has 19 heavy (non-hydrogen) atoms. The third-order valence-corrected chi connectivity index (χ3v) is 2.35. The maximum Gasteiger partial charge on any atom is 0.422 e. The van der Waals surface area contributed by atoms with E-state index in [9.17, 15) is 18.0 Å². The lowest BCUT2D eigenvalue weighted by Crippen LogP contribution is -2.32. The lowest BCUT2D eigenvalue weighted by molar-refractivity contribution is -0.153. The number of hydrogen-bond donors (Lipinski definition) is 2. The molecule has 0 aliphatic carbocycles. The van der Waals surface area contributed by atoms with E-state index in [4.69, 9.17) is 5.73 Å². The van der Waals surface area contributed by atoms with Crippen LogP contribution in [0.3, 0.4) is 0 Å². The highest BCUT2D eigenvalue weighted by Gasteiger charge is 2.28. The van der Waals surface area contributed by atoms with Gasteiger partial charge in [0.05, 0.1) is 12.6 Å². The highest BCUT2D eigenvalue weighted by atomic mass is 19.4. The molecule has 3 N–H and O–H groups in total. The highest BCUT2D eigenvalue weighted by Crippen LogP contribution is 2.20.